The van der Waals surface area contributed by atoms with Gasteiger partial charge in [-0.25, -0.2) is 8.78 Å². The molecule has 6 nitrogen and oxygen atoms in total. The molecule has 0 aliphatic carbocycles. The second-order valence-electron chi connectivity index (χ2n) is 6.56. The van der Waals surface area contributed by atoms with Crippen LogP contribution in [0.3, 0.4) is 0 Å². The van der Waals surface area contributed by atoms with Gasteiger partial charge in [0.1, 0.15) is 17.2 Å². The van der Waals surface area contributed by atoms with Crippen molar-refractivity contribution in [1.82, 2.24) is 10.2 Å². The first kappa shape index (κ1) is 22.3. The summed E-state index contributed by atoms with van der Waals surface area (Å²) >= 11 is 0. The van der Waals surface area contributed by atoms with Crippen LogP contribution < -0.4 is 10.6 Å². The lowest BCUT2D eigenvalue weighted by Crippen LogP contribution is -2.18. The molecule has 4 rings (SSSR count). The van der Waals surface area contributed by atoms with E-state index in [0.717, 1.165) is 28.7 Å². The minimum atomic E-state index is -1.10. The highest BCUT2D eigenvalue weighted by molar-refractivity contribution is 14.0. The number of aromatic nitrogens is 2. The van der Waals surface area contributed by atoms with Crippen LogP contribution in [0.25, 0.3) is 22.2 Å². The van der Waals surface area contributed by atoms with Crippen LogP contribution in [0, 0.1) is 17.0 Å². The van der Waals surface area contributed by atoms with Crippen LogP contribution in [0.2, 0.25) is 0 Å². The second-order valence-corrected chi connectivity index (χ2v) is 6.56. The van der Waals surface area contributed by atoms with Gasteiger partial charge in [-0.1, -0.05) is 30.3 Å². The second kappa shape index (κ2) is 9.21. The van der Waals surface area contributed by atoms with Crippen molar-refractivity contribution in [3.8, 4) is 11.3 Å². The van der Waals surface area contributed by atoms with E-state index in [4.69, 9.17) is 5.41 Å². The number of aromatic amines is 1. The van der Waals surface area contributed by atoms with Gasteiger partial charge in [-0.15, -0.1) is 24.0 Å². The lowest BCUT2D eigenvalue weighted by Gasteiger charge is -2.12. The van der Waals surface area contributed by atoms with Gasteiger partial charge in [-0.2, -0.15) is 5.10 Å². The Kier molecular flexibility index (Phi) is 6.64. The van der Waals surface area contributed by atoms with Gasteiger partial charge < -0.3 is 16.0 Å². The van der Waals surface area contributed by atoms with E-state index in [2.05, 4.69) is 20.8 Å². The maximum atomic E-state index is 14.7. The first-order valence-electron chi connectivity index (χ1n) is 9.08. The first-order valence-corrected chi connectivity index (χ1v) is 9.08. The summed E-state index contributed by atoms with van der Waals surface area (Å²) in [6.07, 6.45) is 0.737. The number of nitrogens with one attached hydrogen (secondary N) is 4. The zero-order valence-corrected chi connectivity index (χ0v) is 18.6. The Hall–Kier alpha value is -3.34. The molecule has 0 saturated heterocycles. The van der Waals surface area contributed by atoms with Crippen molar-refractivity contribution in [1.29, 1.82) is 5.41 Å². The van der Waals surface area contributed by atoms with Gasteiger partial charge in [-0.3, -0.25) is 9.89 Å². The van der Waals surface area contributed by atoms with E-state index in [1.54, 1.807) is 18.2 Å². The van der Waals surface area contributed by atoms with E-state index in [-0.39, 0.29) is 38.1 Å². The molecule has 9 heteroatoms. The number of rotatable bonds is 5. The predicted octanol–water partition coefficient (Wildman–Crippen LogP) is 5.91. The van der Waals surface area contributed by atoms with E-state index in [1.807, 2.05) is 30.3 Å². The Morgan fingerprint density at radius 1 is 1.16 bits per heavy atom. The largest absolute Gasteiger partial charge is 0.387 e. The highest BCUT2D eigenvalue weighted by Crippen LogP contribution is 2.29. The molecule has 3 aromatic carbocycles. The van der Waals surface area contributed by atoms with Gasteiger partial charge in [0.15, 0.2) is 0 Å². The molecule has 0 saturated carbocycles. The third-order valence-corrected chi connectivity index (χ3v) is 4.76. The molecule has 4 aromatic rings. The minimum Gasteiger partial charge on any atom is -0.387 e. The number of carbonyl (C=O) groups is 1. The molecule has 31 heavy (non-hydrogen) atoms. The molecule has 0 spiro atoms. The quantitative estimate of drug-likeness (QED) is 0.188. The molecule has 0 bridgehead atoms. The number of hydrogen-bond acceptors (Lipinski definition) is 4. The van der Waals surface area contributed by atoms with Crippen LogP contribution in [0.4, 0.5) is 20.2 Å². The fourth-order valence-electron chi connectivity index (χ4n) is 3.29. The summed E-state index contributed by atoms with van der Waals surface area (Å²) < 4.78 is 29.1. The number of nitrogens with zero attached hydrogens (tertiary/aromatic N) is 1. The Bertz CT molecular complexity index is 1290. The third kappa shape index (κ3) is 4.13. The standard InChI is InChI=1S/C22H17F2N5O.HI.2H2/c1-26-18-10-16(23)19(20(24)15(18)11-25)22(30)27-13-7-8-17-14(9-13)21(29-28-17)12-5-3-2-4-6-12;;;/h2-11,25-26H,1H3,(H,27,30)(H,28,29);3*1H. The predicted molar refractivity (Wildman–Crippen MR) is 133 cm³/mol. The zero-order chi connectivity index (χ0) is 21.3. The van der Waals surface area contributed by atoms with Crippen molar-refractivity contribution in [3.63, 3.8) is 0 Å². The van der Waals surface area contributed by atoms with Gasteiger partial charge in [0.2, 0.25) is 0 Å². The Morgan fingerprint density at radius 2 is 1.90 bits per heavy atom. The molecule has 1 aromatic heterocycles. The molecule has 0 unspecified atom stereocenters. The molecule has 162 valence electrons. The van der Waals surface area contributed by atoms with Crippen LogP contribution in [-0.4, -0.2) is 29.4 Å². The summed E-state index contributed by atoms with van der Waals surface area (Å²) in [4.78, 5) is 12.6. The van der Waals surface area contributed by atoms with E-state index < -0.39 is 23.1 Å². The average molecular weight is 537 g/mol. The Balaban J connectivity index is 0.00000181. The molecule has 1 heterocycles. The maximum Gasteiger partial charge on any atom is 0.261 e. The number of anilines is 2. The van der Waals surface area contributed by atoms with Crippen molar-refractivity contribution in [2.75, 3.05) is 17.7 Å². The number of fused-ring (bicyclic) bond motifs is 1. The van der Waals surface area contributed by atoms with Gasteiger partial charge in [0, 0.05) is 38.4 Å². The summed E-state index contributed by atoms with van der Waals surface area (Å²) in [5, 5.41) is 20.5. The van der Waals surface area contributed by atoms with E-state index >= 15 is 0 Å². The molecular weight excluding hydrogens is 515 g/mol. The van der Waals surface area contributed by atoms with E-state index in [9.17, 15) is 13.6 Å². The first-order chi connectivity index (χ1) is 14.5. The normalized spacial score (nSPS) is 10.4. The molecule has 0 radical (unpaired) electrons. The van der Waals surface area contributed by atoms with Crippen molar-refractivity contribution in [2.45, 2.75) is 0 Å². The fourth-order valence-corrected chi connectivity index (χ4v) is 3.29. The van der Waals surface area contributed by atoms with Gasteiger partial charge in [0.25, 0.3) is 5.91 Å². The lowest BCUT2D eigenvalue weighted by molar-refractivity contribution is 0.101. The fraction of sp³-hybridized carbons (Fsp3) is 0.0455. The van der Waals surface area contributed by atoms with Gasteiger partial charge >= 0.3 is 0 Å². The summed E-state index contributed by atoms with van der Waals surface area (Å²) in [5.41, 5.74) is 1.85. The third-order valence-electron chi connectivity index (χ3n) is 4.76. The monoisotopic (exact) mass is 537 g/mol. The zero-order valence-electron chi connectivity index (χ0n) is 16.3. The summed E-state index contributed by atoms with van der Waals surface area (Å²) in [6.45, 7) is 0. The van der Waals surface area contributed by atoms with Crippen LogP contribution in [-0.2, 0) is 0 Å². The average Bonchev–Trinajstić information content (AvgIpc) is 3.17. The molecule has 0 fully saturated rings. The SMILES string of the molecule is CNc1cc(F)c(C(=O)Nc2ccc3[nH]nc(-c4ccccc4)c3c2)c(F)c1C=N.I.[HH].[HH]. The number of H-pyrrole nitrogens is 1. The lowest BCUT2D eigenvalue weighted by atomic mass is 10.1. The number of amides is 1. The van der Waals surface area contributed by atoms with Crippen LogP contribution in [0.15, 0.2) is 54.6 Å². The highest BCUT2D eigenvalue weighted by atomic mass is 127. The molecule has 0 aliphatic heterocycles. The van der Waals surface area contributed by atoms with Crippen LogP contribution in [0.1, 0.15) is 18.8 Å². The summed E-state index contributed by atoms with van der Waals surface area (Å²) in [5.74, 6) is -3.06. The highest BCUT2D eigenvalue weighted by Gasteiger charge is 2.23. The number of benzene rings is 3. The van der Waals surface area contributed by atoms with Crippen molar-refractivity contribution in [2.24, 2.45) is 0 Å². The summed E-state index contributed by atoms with van der Waals surface area (Å²) in [7, 11) is 1.48. The number of halogens is 3. The van der Waals surface area contributed by atoms with Crippen LogP contribution in [0.5, 0.6) is 0 Å². The number of carbonyl (C=O) groups excluding carboxylic acids is 1. The Labute approximate surface area is 196 Å². The van der Waals surface area contributed by atoms with Crippen LogP contribution >= 0.6 is 24.0 Å². The topological polar surface area (TPSA) is 93.7 Å². The van der Waals surface area contributed by atoms with E-state index in [0.29, 0.717) is 11.4 Å². The maximum absolute atomic E-state index is 14.7. The smallest absolute Gasteiger partial charge is 0.261 e. The summed E-state index contributed by atoms with van der Waals surface area (Å²) in [6, 6.07) is 15.5. The van der Waals surface area contributed by atoms with Gasteiger partial charge in [0.05, 0.1) is 16.8 Å². The molecule has 4 N–H and O–H groups in total. The van der Waals surface area contributed by atoms with Crippen molar-refractivity contribution >= 4 is 58.4 Å². The molecule has 1 amide bonds. The number of hydrogen-bond donors (Lipinski definition) is 4. The minimum absolute atomic E-state index is 0. The molecule has 0 aliphatic rings. The van der Waals surface area contributed by atoms with E-state index in [1.165, 1.54) is 7.05 Å². The Morgan fingerprint density at radius 3 is 2.58 bits per heavy atom. The van der Waals surface area contributed by atoms with Gasteiger partial charge in [-0.05, 0) is 24.3 Å². The van der Waals surface area contributed by atoms with Crippen molar-refractivity contribution < 1.29 is 16.4 Å². The molecular formula is C22H22F2IN5O. The molecule has 0 atom stereocenters. The van der Waals surface area contributed by atoms with Crippen molar-refractivity contribution in [3.05, 3.63) is 77.4 Å².